The van der Waals surface area contributed by atoms with Gasteiger partial charge in [0.15, 0.2) is 0 Å². The van der Waals surface area contributed by atoms with E-state index in [0.717, 1.165) is 26.1 Å². The van der Waals surface area contributed by atoms with Gasteiger partial charge in [0.2, 0.25) is 5.91 Å². The topological polar surface area (TPSA) is 23.6 Å². The van der Waals surface area contributed by atoms with Gasteiger partial charge in [0, 0.05) is 20.6 Å². The maximum absolute atomic E-state index is 11.6. The summed E-state index contributed by atoms with van der Waals surface area (Å²) in [6.07, 6.45) is 2.22. The molecule has 0 aliphatic carbocycles. The highest BCUT2D eigenvalue weighted by molar-refractivity contribution is 5.78. The highest BCUT2D eigenvalue weighted by Gasteiger charge is 2.28. The summed E-state index contributed by atoms with van der Waals surface area (Å²) in [5.41, 5.74) is 0. The first kappa shape index (κ1) is 10.5. The van der Waals surface area contributed by atoms with Gasteiger partial charge in [-0.2, -0.15) is 0 Å². The number of amides is 1. The maximum Gasteiger partial charge on any atom is 0.226 e. The van der Waals surface area contributed by atoms with E-state index >= 15 is 0 Å². The molecule has 3 nitrogen and oxygen atoms in total. The second-order valence-electron chi connectivity index (χ2n) is 4.02. The van der Waals surface area contributed by atoms with Gasteiger partial charge < -0.3 is 9.80 Å². The number of likely N-dealkylation sites (tertiary alicyclic amines) is 1. The molecule has 0 aromatic heterocycles. The molecule has 1 aliphatic rings. The minimum absolute atomic E-state index is 0.251. The van der Waals surface area contributed by atoms with Crippen LogP contribution in [0.2, 0.25) is 0 Å². The Morgan fingerprint density at radius 2 is 2.23 bits per heavy atom. The Kier molecular flexibility index (Phi) is 3.72. The summed E-state index contributed by atoms with van der Waals surface area (Å²) < 4.78 is 0. The molecule has 0 N–H and O–H groups in total. The molecule has 1 aliphatic heterocycles. The Morgan fingerprint density at radius 3 is 2.77 bits per heavy atom. The highest BCUT2D eigenvalue weighted by atomic mass is 16.2. The predicted octanol–water partition coefficient (Wildman–Crippen LogP) is 0.806. The first-order valence-electron chi connectivity index (χ1n) is 5.08. The number of rotatable bonds is 3. The van der Waals surface area contributed by atoms with Gasteiger partial charge in [-0.25, -0.2) is 0 Å². The molecule has 1 saturated heterocycles. The summed E-state index contributed by atoms with van der Waals surface area (Å²) in [6, 6.07) is 0. The zero-order valence-electron chi connectivity index (χ0n) is 8.92. The molecule has 76 valence electrons. The monoisotopic (exact) mass is 184 g/mol. The number of carbonyl (C=O) groups is 1. The van der Waals surface area contributed by atoms with Crippen molar-refractivity contribution >= 4 is 5.91 Å². The molecule has 1 fully saturated rings. The van der Waals surface area contributed by atoms with Gasteiger partial charge in [-0.1, -0.05) is 6.92 Å². The molecule has 1 atom stereocenters. The lowest BCUT2D eigenvalue weighted by atomic mass is 10.1. The van der Waals surface area contributed by atoms with Crippen LogP contribution in [0.1, 0.15) is 19.8 Å². The van der Waals surface area contributed by atoms with Gasteiger partial charge in [0.1, 0.15) is 0 Å². The van der Waals surface area contributed by atoms with E-state index in [-0.39, 0.29) is 5.92 Å². The van der Waals surface area contributed by atoms with Crippen molar-refractivity contribution in [2.24, 2.45) is 5.92 Å². The fraction of sp³-hybridized carbons (Fsp3) is 0.900. The van der Waals surface area contributed by atoms with Crippen LogP contribution < -0.4 is 0 Å². The zero-order valence-corrected chi connectivity index (χ0v) is 8.92. The van der Waals surface area contributed by atoms with Crippen LogP contribution in [-0.4, -0.2) is 49.4 Å². The molecule has 1 amide bonds. The standard InChI is InChI=1S/C10H20N2O/c1-4-6-12-7-5-9(8-12)10(13)11(2)3/h9H,4-8H2,1-3H3. The van der Waals surface area contributed by atoms with Gasteiger partial charge in [-0.05, 0) is 25.9 Å². The molecule has 1 heterocycles. The third-order valence-electron chi connectivity index (χ3n) is 2.60. The van der Waals surface area contributed by atoms with Crippen molar-refractivity contribution in [2.45, 2.75) is 19.8 Å². The Bertz CT molecular complexity index is 180. The second kappa shape index (κ2) is 4.61. The molecule has 0 spiro atoms. The van der Waals surface area contributed by atoms with Gasteiger partial charge in [-0.15, -0.1) is 0 Å². The Balaban J connectivity index is 2.36. The molecule has 13 heavy (non-hydrogen) atoms. The number of hydrogen-bond donors (Lipinski definition) is 0. The van der Waals surface area contributed by atoms with E-state index in [4.69, 9.17) is 0 Å². The van der Waals surface area contributed by atoms with E-state index in [1.165, 1.54) is 6.42 Å². The fourth-order valence-electron chi connectivity index (χ4n) is 1.92. The molecule has 1 unspecified atom stereocenters. The smallest absolute Gasteiger partial charge is 0.226 e. The lowest BCUT2D eigenvalue weighted by molar-refractivity contribution is -0.132. The van der Waals surface area contributed by atoms with Crippen LogP contribution in [0, 0.1) is 5.92 Å². The summed E-state index contributed by atoms with van der Waals surface area (Å²) >= 11 is 0. The molecule has 1 rings (SSSR count). The van der Waals surface area contributed by atoms with Crippen molar-refractivity contribution in [1.82, 2.24) is 9.80 Å². The molecule has 0 saturated carbocycles. The van der Waals surface area contributed by atoms with Gasteiger partial charge in [-0.3, -0.25) is 4.79 Å². The number of carbonyl (C=O) groups excluding carboxylic acids is 1. The second-order valence-corrected chi connectivity index (χ2v) is 4.02. The van der Waals surface area contributed by atoms with Crippen molar-refractivity contribution in [3.63, 3.8) is 0 Å². The fourth-order valence-corrected chi connectivity index (χ4v) is 1.92. The van der Waals surface area contributed by atoms with Crippen molar-refractivity contribution in [1.29, 1.82) is 0 Å². The minimum Gasteiger partial charge on any atom is -0.349 e. The summed E-state index contributed by atoms with van der Waals surface area (Å²) in [6.45, 7) is 5.38. The summed E-state index contributed by atoms with van der Waals surface area (Å²) in [5.74, 6) is 0.542. The lowest BCUT2D eigenvalue weighted by Gasteiger charge is -2.17. The molecule has 0 aromatic rings. The zero-order chi connectivity index (χ0) is 9.84. The largest absolute Gasteiger partial charge is 0.349 e. The Hall–Kier alpha value is -0.570. The molecule has 0 radical (unpaired) electrons. The Labute approximate surface area is 80.7 Å². The van der Waals surface area contributed by atoms with Crippen LogP contribution >= 0.6 is 0 Å². The van der Waals surface area contributed by atoms with E-state index < -0.39 is 0 Å². The van der Waals surface area contributed by atoms with Gasteiger partial charge >= 0.3 is 0 Å². The predicted molar refractivity (Wildman–Crippen MR) is 53.5 cm³/mol. The summed E-state index contributed by atoms with van der Waals surface area (Å²) in [7, 11) is 3.68. The normalized spacial score (nSPS) is 23.5. The lowest BCUT2D eigenvalue weighted by Crippen LogP contribution is -2.32. The van der Waals surface area contributed by atoms with Crippen molar-refractivity contribution in [2.75, 3.05) is 33.7 Å². The van der Waals surface area contributed by atoms with Crippen LogP contribution in [0.5, 0.6) is 0 Å². The average molecular weight is 184 g/mol. The molecule has 0 bridgehead atoms. The van der Waals surface area contributed by atoms with Crippen molar-refractivity contribution < 1.29 is 4.79 Å². The molecule has 3 heteroatoms. The summed E-state index contributed by atoms with van der Waals surface area (Å²) in [4.78, 5) is 15.7. The van der Waals surface area contributed by atoms with Crippen LogP contribution in [0.25, 0.3) is 0 Å². The quantitative estimate of drug-likeness (QED) is 0.648. The summed E-state index contributed by atoms with van der Waals surface area (Å²) in [5, 5.41) is 0. The van der Waals surface area contributed by atoms with Crippen molar-refractivity contribution in [3.05, 3.63) is 0 Å². The average Bonchev–Trinajstić information content (AvgIpc) is 2.52. The van der Waals surface area contributed by atoms with Crippen LogP contribution in [0.3, 0.4) is 0 Å². The minimum atomic E-state index is 0.251. The van der Waals surface area contributed by atoms with Crippen LogP contribution in [0.4, 0.5) is 0 Å². The number of hydrogen-bond acceptors (Lipinski definition) is 2. The van der Waals surface area contributed by atoms with E-state index in [1.807, 2.05) is 14.1 Å². The van der Waals surface area contributed by atoms with Gasteiger partial charge in [0.05, 0.1) is 5.92 Å². The molecular formula is C10H20N2O. The molecule has 0 aromatic carbocycles. The van der Waals surface area contributed by atoms with E-state index in [2.05, 4.69) is 11.8 Å². The van der Waals surface area contributed by atoms with Crippen LogP contribution in [0.15, 0.2) is 0 Å². The third kappa shape index (κ3) is 2.69. The van der Waals surface area contributed by atoms with Crippen molar-refractivity contribution in [3.8, 4) is 0 Å². The molecular weight excluding hydrogens is 164 g/mol. The van der Waals surface area contributed by atoms with E-state index in [0.29, 0.717) is 5.91 Å². The first-order chi connectivity index (χ1) is 6.15. The highest BCUT2D eigenvalue weighted by Crippen LogP contribution is 2.17. The van der Waals surface area contributed by atoms with E-state index in [1.54, 1.807) is 4.90 Å². The maximum atomic E-state index is 11.6. The number of nitrogens with zero attached hydrogens (tertiary/aromatic N) is 2. The third-order valence-corrected chi connectivity index (χ3v) is 2.60. The van der Waals surface area contributed by atoms with Crippen LogP contribution in [-0.2, 0) is 4.79 Å². The van der Waals surface area contributed by atoms with Gasteiger partial charge in [0.25, 0.3) is 0 Å². The first-order valence-corrected chi connectivity index (χ1v) is 5.08. The Morgan fingerprint density at radius 1 is 1.54 bits per heavy atom. The SMILES string of the molecule is CCCN1CCC(C(=O)N(C)C)C1. The van der Waals surface area contributed by atoms with E-state index in [9.17, 15) is 4.79 Å².